The Morgan fingerprint density at radius 3 is 2.90 bits per heavy atom. The van der Waals surface area contributed by atoms with Crippen LogP contribution >= 0.6 is 0 Å². The molecule has 1 unspecified atom stereocenters. The maximum absolute atomic E-state index is 12.4. The minimum absolute atomic E-state index is 0.109. The summed E-state index contributed by atoms with van der Waals surface area (Å²) in [6.07, 6.45) is 3.35. The Hall–Kier alpha value is -2.38. The Morgan fingerprint density at radius 2 is 2.29 bits per heavy atom. The zero-order chi connectivity index (χ0) is 15.4. The van der Waals surface area contributed by atoms with Gasteiger partial charge >= 0.3 is 5.97 Å². The monoisotopic (exact) mass is 295 g/mol. The second-order valence-corrected chi connectivity index (χ2v) is 4.79. The number of ether oxygens (including phenoxy) is 1. The highest BCUT2D eigenvalue weighted by atomic mass is 16.6. The minimum atomic E-state index is -0.617. The summed E-state index contributed by atoms with van der Waals surface area (Å²) in [6.45, 7) is 2.40. The number of likely N-dealkylation sites (tertiary alicyclic amines) is 1. The Kier molecular flexibility index (Phi) is 4.56. The van der Waals surface area contributed by atoms with Crippen molar-refractivity contribution in [2.75, 3.05) is 13.2 Å². The van der Waals surface area contributed by atoms with E-state index in [2.05, 4.69) is 4.98 Å². The van der Waals surface area contributed by atoms with E-state index in [1.165, 1.54) is 11.0 Å². The van der Waals surface area contributed by atoms with Crippen LogP contribution in [0.3, 0.4) is 0 Å². The average Bonchev–Trinajstić information content (AvgIpc) is 2.97. The predicted molar refractivity (Wildman–Crippen MR) is 72.8 cm³/mol. The van der Waals surface area contributed by atoms with Gasteiger partial charge in [-0.2, -0.15) is 0 Å². The van der Waals surface area contributed by atoms with Crippen LogP contribution in [0.4, 0.5) is 5.69 Å². The second kappa shape index (κ2) is 6.38. The van der Waals surface area contributed by atoms with Gasteiger partial charge in [0.25, 0.3) is 11.6 Å². The van der Waals surface area contributed by atoms with Gasteiger partial charge in [-0.3, -0.25) is 14.9 Å². The van der Waals surface area contributed by atoms with E-state index in [-0.39, 0.29) is 18.0 Å². The molecule has 8 heteroatoms. The van der Waals surface area contributed by atoms with Crippen LogP contribution in [0, 0.1) is 10.1 Å². The van der Waals surface area contributed by atoms with E-state index >= 15 is 0 Å². The third-order valence-electron chi connectivity index (χ3n) is 3.43. The first-order valence-corrected chi connectivity index (χ1v) is 6.85. The summed E-state index contributed by atoms with van der Waals surface area (Å²) in [4.78, 5) is 38.4. The summed E-state index contributed by atoms with van der Waals surface area (Å²) in [5, 5.41) is 10.7. The van der Waals surface area contributed by atoms with Crippen LogP contribution in [0.5, 0.6) is 0 Å². The maximum Gasteiger partial charge on any atom is 0.328 e. The van der Waals surface area contributed by atoms with Crippen molar-refractivity contribution >= 4 is 17.6 Å². The SMILES string of the molecule is CCOC(=O)C1CCCCN1C(=O)c1cc([N+](=O)[O-])c[nH]1. The van der Waals surface area contributed by atoms with Gasteiger partial charge in [0.2, 0.25) is 0 Å². The number of hydrogen-bond acceptors (Lipinski definition) is 5. The Morgan fingerprint density at radius 1 is 1.52 bits per heavy atom. The summed E-state index contributed by atoms with van der Waals surface area (Å²) in [5.74, 6) is -0.840. The van der Waals surface area contributed by atoms with Crippen LogP contribution in [-0.4, -0.2) is 45.9 Å². The summed E-state index contributed by atoms with van der Waals surface area (Å²) in [7, 11) is 0. The number of rotatable bonds is 4. The highest BCUT2D eigenvalue weighted by Gasteiger charge is 2.34. The van der Waals surface area contributed by atoms with E-state index < -0.39 is 22.8 Å². The number of amides is 1. The van der Waals surface area contributed by atoms with Crippen LogP contribution < -0.4 is 0 Å². The van der Waals surface area contributed by atoms with Crippen LogP contribution in [0.25, 0.3) is 0 Å². The molecule has 1 fully saturated rings. The molecule has 0 spiro atoms. The first-order valence-electron chi connectivity index (χ1n) is 6.85. The zero-order valence-electron chi connectivity index (χ0n) is 11.7. The molecule has 21 heavy (non-hydrogen) atoms. The summed E-state index contributed by atoms with van der Waals surface area (Å²) in [6, 6.07) is 0.563. The molecule has 1 atom stereocenters. The normalized spacial score (nSPS) is 18.3. The average molecular weight is 295 g/mol. The maximum atomic E-state index is 12.4. The second-order valence-electron chi connectivity index (χ2n) is 4.79. The van der Waals surface area contributed by atoms with E-state index in [9.17, 15) is 19.7 Å². The lowest BCUT2D eigenvalue weighted by Crippen LogP contribution is -2.48. The van der Waals surface area contributed by atoms with E-state index in [1.807, 2.05) is 0 Å². The molecule has 0 bridgehead atoms. The van der Waals surface area contributed by atoms with Crippen LogP contribution in [0.2, 0.25) is 0 Å². The predicted octanol–water partition coefficient (Wildman–Crippen LogP) is 1.48. The van der Waals surface area contributed by atoms with Gasteiger partial charge in [0.05, 0.1) is 17.7 Å². The molecule has 2 heterocycles. The number of nitrogens with zero attached hydrogens (tertiary/aromatic N) is 2. The minimum Gasteiger partial charge on any atom is -0.464 e. The highest BCUT2D eigenvalue weighted by Crippen LogP contribution is 2.22. The molecule has 1 saturated heterocycles. The molecule has 1 aliphatic heterocycles. The molecule has 1 aliphatic rings. The van der Waals surface area contributed by atoms with E-state index in [4.69, 9.17) is 4.74 Å². The molecule has 0 saturated carbocycles. The van der Waals surface area contributed by atoms with Gasteiger partial charge in [-0.15, -0.1) is 0 Å². The van der Waals surface area contributed by atoms with E-state index in [0.29, 0.717) is 13.0 Å². The van der Waals surface area contributed by atoms with Gasteiger partial charge in [-0.05, 0) is 26.2 Å². The van der Waals surface area contributed by atoms with Gasteiger partial charge < -0.3 is 14.6 Å². The summed E-state index contributed by atoms with van der Waals surface area (Å²) >= 11 is 0. The van der Waals surface area contributed by atoms with Crippen LogP contribution in [0.1, 0.15) is 36.7 Å². The third kappa shape index (κ3) is 3.21. The molecule has 1 N–H and O–H groups in total. The van der Waals surface area contributed by atoms with E-state index in [1.54, 1.807) is 6.92 Å². The smallest absolute Gasteiger partial charge is 0.328 e. The quantitative estimate of drug-likeness (QED) is 0.514. The van der Waals surface area contributed by atoms with Crippen molar-refractivity contribution in [3.05, 3.63) is 28.1 Å². The number of aromatic nitrogens is 1. The Bertz CT molecular complexity index is 554. The molecule has 0 aliphatic carbocycles. The molecule has 1 aromatic heterocycles. The molecular formula is C13H17N3O5. The molecule has 1 aromatic rings. The standard InChI is InChI=1S/C13H17N3O5/c1-2-21-13(18)11-5-3-4-6-15(11)12(17)10-7-9(8-14-10)16(19)20/h7-8,11,14H,2-6H2,1H3. The zero-order valence-corrected chi connectivity index (χ0v) is 11.7. The molecule has 8 nitrogen and oxygen atoms in total. The molecular weight excluding hydrogens is 278 g/mol. The number of nitrogens with one attached hydrogen (secondary N) is 1. The Balaban J connectivity index is 2.17. The van der Waals surface area contributed by atoms with Gasteiger partial charge in [0, 0.05) is 12.6 Å². The van der Waals surface area contributed by atoms with Crippen molar-refractivity contribution in [3.63, 3.8) is 0 Å². The lowest BCUT2D eigenvalue weighted by atomic mass is 10.0. The van der Waals surface area contributed by atoms with Crippen molar-refractivity contribution in [2.24, 2.45) is 0 Å². The number of carbonyl (C=O) groups is 2. The van der Waals surface area contributed by atoms with Crippen LogP contribution in [0.15, 0.2) is 12.3 Å². The fourth-order valence-electron chi connectivity index (χ4n) is 2.42. The molecule has 0 aromatic carbocycles. The number of nitro groups is 1. The highest BCUT2D eigenvalue weighted by molar-refractivity contribution is 5.96. The molecule has 114 valence electrons. The number of carbonyl (C=O) groups excluding carboxylic acids is 2. The van der Waals surface area contributed by atoms with Crippen molar-refractivity contribution in [2.45, 2.75) is 32.2 Å². The van der Waals surface area contributed by atoms with Crippen molar-refractivity contribution in [3.8, 4) is 0 Å². The van der Waals surface area contributed by atoms with E-state index in [0.717, 1.165) is 19.0 Å². The van der Waals surface area contributed by atoms with Crippen LogP contribution in [-0.2, 0) is 9.53 Å². The van der Waals surface area contributed by atoms with Crippen molar-refractivity contribution in [1.29, 1.82) is 0 Å². The summed E-state index contributed by atoms with van der Waals surface area (Å²) < 4.78 is 4.99. The number of H-pyrrole nitrogens is 1. The number of piperidine rings is 1. The fraction of sp³-hybridized carbons (Fsp3) is 0.538. The fourth-order valence-corrected chi connectivity index (χ4v) is 2.42. The molecule has 1 amide bonds. The molecule has 0 radical (unpaired) electrons. The van der Waals surface area contributed by atoms with Gasteiger partial charge in [-0.1, -0.05) is 0 Å². The summed E-state index contributed by atoms with van der Waals surface area (Å²) in [5.41, 5.74) is -0.0686. The van der Waals surface area contributed by atoms with Gasteiger partial charge in [0.15, 0.2) is 0 Å². The third-order valence-corrected chi connectivity index (χ3v) is 3.43. The number of hydrogen-bond donors (Lipinski definition) is 1. The molecule has 2 rings (SSSR count). The number of esters is 1. The Labute approximate surface area is 121 Å². The van der Waals surface area contributed by atoms with Crippen molar-refractivity contribution < 1.29 is 19.2 Å². The lowest BCUT2D eigenvalue weighted by molar-refractivity contribution is -0.384. The largest absolute Gasteiger partial charge is 0.464 e. The number of aromatic amines is 1. The first-order chi connectivity index (χ1) is 10.0. The lowest BCUT2D eigenvalue weighted by Gasteiger charge is -2.33. The first kappa shape index (κ1) is 15.0. The van der Waals surface area contributed by atoms with Gasteiger partial charge in [-0.25, -0.2) is 4.79 Å². The van der Waals surface area contributed by atoms with Crippen molar-refractivity contribution in [1.82, 2.24) is 9.88 Å². The topological polar surface area (TPSA) is 106 Å². The van der Waals surface area contributed by atoms with Gasteiger partial charge in [0.1, 0.15) is 11.7 Å².